The number of carbonyl (C=O) groups excluding carboxylic acids is 1. The topological polar surface area (TPSA) is 69.6 Å². The monoisotopic (exact) mass is 293 g/mol. The highest BCUT2D eigenvalue weighted by Gasteiger charge is 2.23. The summed E-state index contributed by atoms with van der Waals surface area (Å²) in [7, 11) is 0. The number of hydrogen-bond acceptors (Lipinski definition) is 3. The molecule has 1 amide bonds. The molecule has 0 heterocycles. The molecule has 0 bridgehead atoms. The zero-order chi connectivity index (χ0) is 16.0. The SMILES string of the molecule is CCc1cc(C)cc(CC)c1C(O)C(O)CCNC(C)=O. The lowest BCUT2D eigenvalue weighted by atomic mass is 9.88. The van der Waals surface area contributed by atoms with E-state index in [1.165, 1.54) is 12.5 Å². The van der Waals surface area contributed by atoms with Crippen molar-refractivity contribution in [1.82, 2.24) is 5.32 Å². The first-order valence-corrected chi connectivity index (χ1v) is 7.63. The van der Waals surface area contributed by atoms with Crippen molar-refractivity contribution in [3.05, 3.63) is 34.4 Å². The van der Waals surface area contributed by atoms with Crippen LogP contribution in [0.4, 0.5) is 0 Å². The van der Waals surface area contributed by atoms with Gasteiger partial charge in [-0.1, -0.05) is 31.5 Å². The molecule has 0 saturated heterocycles. The number of hydrogen-bond donors (Lipinski definition) is 3. The third-order valence-electron chi connectivity index (χ3n) is 3.73. The van der Waals surface area contributed by atoms with Crippen LogP contribution in [0, 0.1) is 6.92 Å². The molecule has 0 saturated carbocycles. The highest BCUT2D eigenvalue weighted by molar-refractivity contribution is 5.72. The predicted molar refractivity (Wildman–Crippen MR) is 84.2 cm³/mol. The Morgan fingerprint density at radius 2 is 1.71 bits per heavy atom. The van der Waals surface area contributed by atoms with Crippen LogP contribution in [0.15, 0.2) is 12.1 Å². The Kier molecular flexibility index (Phi) is 6.85. The quantitative estimate of drug-likeness (QED) is 0.720. The molecule has 4 nitrogen and oxygen atoms in total. The zero-order valence-corrected chi connectivity index (χ0v) is 13.4. The lowest BCUT2D eigenvalue weighted by Crippen LogP contribution is -2.28. The average Bonchev–Trinajstić information content (AvgIpc) is 2.44. The first-order valence-electron chi connectivity index (χ1n) is 7.63. The molecule has 1 aromatic carbocycles. The molecule has 21 heavy (non-hydrogen) atoms. The summed E-state index contributed by atoms with van der Waals surface area (Å²) >= 11 is 0. The molecule has 0 radical (unpaired) electrons. The largest absolute Gasteiger partial charge is 0.390 e. The number of amides is 1. The molecule has 118 valence electrons. The van der Waals surface area contributed by atoms with Gasteiger partial charge in [0.15, 0.2) is 0 Å². The van der Waals surface area contributed by atoms with Gasteiger partial charge in [0.1, 0.15) is 6.10 Å². The number of aliphatic hydroxyl groups excluding tert-OH is 2. The van der Waals surface area contributed by atoms with Crippen molar-refractivity contribution in [3.63, 3.8) is 0 Å². The van der Waals surface area contributed by atoms with Crippen molar-refractivity contribution in [2.24, 2.45) is 0 Å². The predicted octanol–water partition coefficient (Wildman–Crippen LogP) is 2.04. The van der Waals surface area contributed by atoms with E-state index < -0.39 is 12.2 Å². The van der Waals surface area contributed by atoms with Crippen LogP contribution < -0.4 is 5.32 Å². The van der Waals surface area contributed by atoms with Gasteiger partial charge in [-0.05, 0) is 42.9 Å². The number of aryl methyl sites for hydroxylation is 3. The van der Waals surface area contributed by atoms with E-state index >= 15 is 0 Å². The molecule has 2 unspecified atom stereocenters. The summed E-state index contributed by atoms with van der Waals surface area (Å²) < 4.78 is 0. The van der Waals surface area contributed by atoms with E-state index in [0.717, 1.165) is 29.5 Å². The lowest BCUT2D eigenvalue weighted by molar-refractivity contribution is -0.119. The summed E-state index contributed by atoms with van der Waals surface area (Å²) in [5.74, 6) is -0.129. The third-order valence-corrected chi connectivity index (χ3v) is 3.73. The van der Waals surface area contributed by atoms with Gasteiger partial charge in [0.2, 0.25) is 5.91 Å². The molecule has 3 N–H and O–H groups in total. The Bertz CT molecular complexity index is 460. The van der Waals surface area contributed by atoms with E-state index in [4.69, 9.17) is 0 Å². The van der Waals surface area contributed by atoms with Crippen molar-refractivity contribution in [3.8, 4) is 0 Å². The van der Waals surface area contributed by atoms with E-state index in [-0.39, 0.29) is 5.91 Å². The number of aliphatic hydroxyl groups is 2. The fourth-order valence-electron chi connectivity index (χ4n) is 2.66. The Morgan fingerprint density at radius 1 is 1.19 bits per heavy atom. The maximum Gasteiger partial charge on any atom is 0.216 e. The summed E-state index contributed by atoms with van der Waals surface area (Å²) in [6.45, 7) is 7.94. The van der Waals surface area contributed by atoms with Crippen LogP contribution in [-0.2, 0) is 17.6 Å². The molecule has 1 aromatic rings. The Hall–Kier alpha value is -1.39. The summed E-state index contributed by atoms with van der Waals surface area (Å²) in [6.07, 6.45) is 0.180. The van der Waals surface area contributed by atoms with Gasteiger partial charge in [-0.15, -0.1) is 0 Å². The normalized spacial score (nSPS) is 13.8. The molecule has 0 aliphatic heterocycles. The number of carbonyl (C=O) groups is 1. The fourth-order valence-corrected chi connectivity index (χ4v) is 2.66. The highest BCUT2D eigenvalue weighted by Crippen LogP contribution is 2.28. The van der Waals surface area contributed by atoms with Crippen LogP contribution in [0.1, 0.15) is 55.5 Å². The van der Waals surface area contributed by atoms with Gasteiger partial charge in [-0.2, -0.15) is 0 Å². The second-order valence-electron chi connectivity index (χ2n) is 5.49. The van der Waals surface area contributed by atoms with Gasteiger partial charge in [0.05, 0.1) is 6.10 Å². The van der Waals surface area contributed by atoms with Gasteiger partial charge in [-0.25, -0.2) is 0 Å². The average molecular weight is 293 g/mol. The molecule has 4 heteroatoms. The van der Waals surface area contributed by atoms with Crippen LogP contribution in [0.2, 0.25) is 0 Å². The molecule has 0 aliphatic carbocycles. The standard InChI is InChI=1S/C17H27NO3/c1-5-13-9-11(3)10-14(6-2)16(13)17(21)15(20)7-8-18-12(4)19/h9-10,15,17,20-21H,5-8H2,1-4H3,(H,18,19). The van der Waals surface area contributed by atoms with Crippen LogP contribution in [-0.4, -0.2) is 28.8 Å². The summed E-state index contributed by atoms with van der Waals surface area (Å²) in [5.41, 5.74) is 4.18. The maximum absolute atomic E-state index is 10.8. The minimum absolute atomic E-state index is 0.129. The van der Waals surface area contributed by atoms with E-state index in [1.54, 1.807) is 0 Å². The minimum Gasteiger partial charge on any atom is -0.390 e. The summed E-state index contributed by atoms with van der Waals surface area (Å²) in [4.78, 5) is 10.8. The molecule has 0 aromatic heterocycles. The van der Waals surface area contributed by atoms with Gasteiger partial charge >= 0.3 is 0 Å². The van der Waals surface area contributed by atoms with Gasteiger partial charge in [0, 0.05) is 13.5 Å². The van der Waals surface area contributed by atoms with Crippen molar-refractivity contribution >= 4 is 5.91 Å². The molecule has 0 fully saturated rings. The molecule has 0 aliphatic rings. The zero-order valence-electron chi connectivity index (χ0n) is 13.4. The lowest BCUT2D eigenvalue weighted by Gasteiger charge is -2.24. The Balaban J connectivity index is 2.94. The molecule has 2 atom stereocenters. The van der Waals surface area contributed by atoms with Crippen LogP contribution in [0.5, 0.6) is 0 Å². The summed E-state index contributed by atoms with van der Waals surface area (Å²) in [5, 5.41) is 23.3. The van der Waals surface area contributed by atoms with Crippen molar-refractivity contribution in [2.75, 3.05) is 6.54 Å². The smallest absolute Gasteiger partial charge is 0.216 e. The van der Waals surface area contributed by atoms with Crippen LogP contribution in [0.3, 0.4) is 0 Å². The van der Waals surface area contributed by atoms with E-state index in [0.29, 0.717) is 13.0 Å². The number of nitrogens with one attached hydrogen (secondary N) is 1. The molecule has 1 rings (SSSR count). The van der Waals surface area contributed by atoms with E-state index in [9.17, 15) is 15.0 Å². The molecular formula is C17H27NO3. The van der Waals surface area contributed by atoms with Crippen molar-refractivity contribution < 1.29 is 15.0 Å². The molecular weight excluding hydrogens is 266 g/mol. The Morgan fingerprint density at radius 3 is 2.14 bits per heavy atom. The van der Waals surface area contributed by atoms with Gasteiger partial charge in [-0.3, -0.25) is 4.79 Å². The highest BCUT2D eigenvalue weighted by atomic mass is 16.3. The van der Waals surface area contributed by atoms with Crippen LogP contribution >= 0.6 is 0 Å². The van der Waals surface area contributed by atoms with Crippen molar-refractivity contribution in [1.29, 1.82) is 0 Å². The van der Waals surface area contributed by atoms with Gasteiger partial charge < -0.3 is 15.5 Å². The Labute approximate surface area is 127 Å². The maximum atomic E-state index is 10.8. The first kappa shape index (κ1) is 17.7. The minimum atomic E-state index is -0.913. The second-order valence-corrected chi connectivity index (χ2v) is 5.49. The molecule has 0 spiro atoms. The fraction of sp³-hybridized carbons (Fsp3) is 0.588. The van der Waals surface area contributed by atoms with Crippen molar-refractivity contribution in [2.45, 2.75) is 59.2 Å². The third kappa shape index (κ3) is 4.83. The number of benzene rings is 1. The number of rotatable bonds is 7. The van der Waals surface area contributed by atoms with E-state index in [2.05, 4.69) is 17.4 Å². The van der Waals surface area contributed by atoms with E-state index in [1.807, 2.05) is 20.8 Å². The van der Waals surface area contributed by atoms with Crippen LogP contribution in [0.25, 0.3) is 0 Å². The summed E-state index contributed by atoms with van der Waals surface area (Å²) in [6, 6.07) is 4.14. The first-order chi connectivity index (χ1) is 9.90. The van der Waals surface area contributed by atoms with Gasteiger partial charge in [0.25, 0.3) is 0 Å². The second kappa shape index (κ2) is 8.15.